The number of likely N-dealkylation sites (tertiary alicyclic amines) is 1. The van der Waals surface area contributed by atoms with Crippen LogP contribution >= 0.6 is 11.6 Å². The van der Waals surface area contributed by atoms with Gasteiger partial charge in [0.05, 0.1) is 16.7 Å². The summed E-state index contributed by atoms with van der Waals surface area (Å²) in [6.45, 7) is 6.00. The molecule has 2 aliphatic carbocycles. The number of carbonyl (C=O) groups is 1. The van der Waals surface area contributed by atoms with Gasteiger partial charge in [0, 0.05) is 24.8 Å². The molecule has 2 aromatic carbocycles. The van der Waals surface area contributed by atoms with Crippen molar-refractivity contribution in [1.82, 2.24) is 9.80 Å². The smallest absolute Gasteiger partial charge is 0.320 e. The first-order valence-corrected chi connectivity index (χ1v) is 13.5. The molecule has 0 bridgehead atoms. The number of urea groups is 1. The lowest BCUT2D eigenvalue weighted by molar-refractivity contribution is 0.131. The molecule has 5 rings (SSSR count). The summed E-state index contributed by atoms with van der Waals surface area (Å²) >= 11 is 5.95. The first-order valence-electron chi connectivity index (χ1n) is 13.1. The highest BCUT2D eigenvalue weighted by atomic mass is 35.5. The van der Waals surface area contributed by atoms with E-state index in [1.54, 1.807) is 6.07 Å². The minimum Gasteiger partial charge on any atom is -0.320 e. The van der Waals surface area contributed by atoms with Crippen molar-refractivity contribution in [3.05, 3.63) is 64.4 Å². The van der Waals surface area contributed by atoms with Gasteiger partial charge >= 0.3 is 6.03 Å². The normalized spacial score (nSPS) is 26.1. The average molecular weight is 509 g/mol. The lowest BCUT2D eigenvalue weighted by Gasteiger charge is -2.39. The van der Waals surface area contributed by atoms with Gasteiger partial charge < -0.3 is 15.1 Å². The van der Waals surface area contributed by atoms with Crippen LogP contribution in [0.5, 0.6) is 0 Å². The maximum atomic E-state index is 13.6. The molecule has 1 N–H and O–H groups in total. The highest BCUT2D eigenvalue weighted by Gasteiger charge is 2.58. The molecule has 3 aliphatic rings. The molecule has 36 heavy (non-hydrogen) atoms. The van der Waals surface area contributed by atoms with Crippen LogP contribution in [0.15, 0.2) is 42.5 Å². The number of halogens is 2. The second kappa shape index (κ2) is 10.4. The van der Waals surface area contributed by atoms with Gasteiger partial charge in [0.25, 0.3) is 0 Å². The van der Waals surface area contributed by atoms with Gasteiger partial charge in [-0.25, -0.2) is 9.18 Å². The van der Waals surface area contributed by atoms with Crippen molar-refractivity contribution >= 4 is 23.3 Å². The van der Waals surface area contributed by atoms with Crippen LogP contribution in [-0.4, -0.2) is 48.1 Å². The highest BCUT2D eigenvalue weighted by Crippen LogP contribution is 2.62. The fraction of sp³-hybridized carbons (Fsp3) is 0.517. The maximum absolute atomic E-state index is 13.6. The van der Waals surface area contributed by atoms with E-state index in [2.05, 4.69) is 29.3 Å². The van der Waals surface area contributed by atoms with Crippen molar-refractivity contribution in [2.75, 3.05) is 31.5 Å². The number of amides is 2. The van der Waals surface area contributed by atoms with Gasteiger partial charge in [0.2, 0.25) is 0 Å². The SMILES string of the molecule is CC1CCN(CCN(C(=O)Nc2ccc(F)c(Cl)c2)[C@@H]2CC[C@]3(c4cccc(C#N)c4)CC3C2)CC1. The van der Waals surface area contributed by atoms with Crippen molar-refractivity contribution in [3.63, 3.8) is 0 Å². The fourth-order valence-electron chi connectivity index (χ4n) is 6.30. The lowest BCUT2D eigenvalue weighted by Crippen LogP contribution is -2.49. The topological polar surface area (TPSA) is 59.4 Å². The van der Waals surface area contributed by atoms with Gasteiger partial charge in [-0.3, -0.25) is 0 Å². The molecule has 3 atom stereocenters. The van der Waals surface area contributed by atoms with Crippen LogP contribution in [0, 0.1) is 29.0 Å². The number of anilines is 1. The molecular weight excluding hydrogens is 475 g/mol. The zero-order chi connectivity index (χ0) is 25.3. The standard InChI is InChI=1S/C29H34ClFN4O/c1-20-8-11-34(12-9-20)13-14-35(28(36)33-24-5-6-27(31)26(30)17-24)25-7-10-29(18-23(29)16-25)22-4-2-3-21(15-22)19-32/h2-6,15,17,20,23,25H,7-14,16,18H2,1H3,(H,33,36)/t23?,25-,29-/m1/s1. The zero-order valence-electron chi connectivity index (χ0n) is 20.9. The van der Waals surface area contributed by atoms with E-state index in [0.29, 0.717) is 23.7 Å². The molecule has 1 aliphatic heterocycles. The first-order chi connectivity index (χ1) is 17.4. The number of nitriles is 1. The predicted molar refractivity (Wildman–Crippen MR) is 141 cm³/mol. The molecule has 1 heterocycles. The number of nitrogens with one attached hydrogen (secondary N) is 1. The van der Waals surface area contributed by atoms with Gasteiger partial charge in [-0.1, -0.05) is 30.7 Å². The maximum Gasteiger partial charge on any atom is 0.322 e. The molecule has 1 saturated heterocycles. The number of carbonyl (C=O) groups excluding carboxylic acids is 1. The van der Waals surface area contributed by atoms with Crippen molar-refractivity contribution in [1.29, 1.82) is 5.26 Å². The second-order valence-corrected chi connectivity index (χ2v) is 11.4. The summed E-state index contributed by atoms with van der Waals surface area (Å²) in [5, 5.41) is 12.3. The van der Waals surface area contributed by atoms with Crippen LogP contribution in [0.4, 0.5) is 14.9 Å². The van der Waals surface area contributed by atoms with Crippen molar-refractivity contribution in [2.45, 2.75) is 56.9 Å². The minimum absolute atomic E-state index is 0.00168. The van der Waals surface area contributed by atoms with Gasteiger partial charge in [-0.2, -0.15) is 5.26 Å². The largest absolute Gasteiger partial charge is 0.322 e. The number of nitrogens with zero attached hydrogens (tertiary/aromatic N) is 3. The summed E-state index contributed by atoms with van der Waals surface area (Å²) < 4.78 is 13.6. The molecule has 0 spiro atoms. The van der Waals surface area contributed by atoms with Crippen molar-refractivity contribution in [3.8, 4) is 6.07 Å². The Morgan fingerprint density at radius 1 is 1.25 bits per heavy atom. The number of hydrogen-bond acceptors (Lipinski definition) is 3. The molecule has 190 valence electrons. The molecule has 0 aromatic heterocycles. The fourth-order valence-corrected chi connectivity index (χ4v) is 6.48. The van der Waals surface area contributed by atoms with Crippen LogP contribution in [0.1, 0.15) is 56.6 Å². The van der Waals surface area contributed by atoms with E-state index in [0.717, 1.165) is 51.2 Å². The molecule has 1 unspecified atom stereocenters. The third-order valence-corrected chi connectivity index (χ3v) is 8.97. The van der Waals surface area contributed by atoms with E-state index in [1.807, 2.05) is 23.1 Å². The lowest BCUT2D eigenvalue weighted by atomic mass is 9.80. The Balaban J connectivity index is 1.29. The third-order valence-electron chi connectivity index (χ3n) is 8.68. The Morgan fingerprint density at radius 3 is 2.78 bits per heavy atom. The molecule has 3 fully saturated rings. The summed E-state index contributed by atoms with van der Waals surface area (Å²) in [5.41, 5.74) is 2.64. The molecule has 7 heteroatoms. The molecule has 2 amide bonds. The summed E-state index contributed by atoms with van der Waals surface area (Å²) in [6.07, 6.45) is 6.44. The molecule has 0 radical (unpaired) electrons. The van der Waals surface area contributed by atoms with Crippen LogP contribution < -0.4 is 5.32 Å². The Hall–Kier alpha value is -2.62. The van der Waals surface area contributed by atoms with Crippen LogP contribution in [0.3, 0.4) is 0 Å². The second-order valence-electron chi connectivity index (χ2n) is 11.0. The quantitative estimate of drug-likeness (QED) is 0.489. The van der Waals surface area contributed by atoms with E-state index in [-0.39, 0.29) is 22.5 Å². The Morgan fingerprint density at radius 2 is 2.06 bits per heavy atom. The molecule has 2 saturated carbocycles. The Kier molecular flexibility index (Phi) is 7.23. The summed E-state index contributed by atoms with van der Waals surface area (Å²) in [4.78, 5) is 18.0. The van der Waals surface area contributed by atoms with Crippen LogP contribution in [0.25, 0.3) is 0 Å². The van der Waals surface area contributed by atoms with E-state index in [9.17, 15) is 14.4 Å². The summed E-state index contributed by atoms with van der Waals surface area (Å²) in [6, 6.07) is 14.6. The first kappa shape index (κ1) is 25.0. The third kappa shape index (κ3) is 5.23. The monoisotopic (exact) mass is 508 g/mol. The number of benzene rings is 2. The minimum atomic E-state index is -0.497. The van der Waals surface area contributed by atoms with E-state index >= 15 is 0 Å². The zero-order valence-corrected chi connectivity index (χ0v) is 21.6. The van der Waals surface area contributed by atoms with Crippen LogP contribution in [0.2, 0.25) is 5.02 Å². The molecule has 5 nitrogen and oxygen atoms in total. The average Bonchev–Trinajstić information content (AvgIpc) is 3.63. The van der Waals surface area contributed by atoms with Crippen molar-refractivity contribution < 1.29 is 9.18 Å². The number of piperidine rings is 1. The number of fused-ring (bicyclic) bond motifs is 1. The molecule has 2 aromatic rings. The van der Waals surface area contributed by atoms with E-state index in [1.165, 1.54) is 30.5 Å². The van der Waals surface area contributed by atoms with Gasteiger partial charge in [-0.05, 0) is 105 Å². The van der Waals surface area contributed by atoms with Crippen LogP contribution in [-0.2, 0) is 5.41 Å². The summed E-state index contributed by atoms with van der Waals surface area (Å²) in [5.74, 6) is 0.796. The van der Waals surface area contributed by atoms with Gasteiger partial charge in [-0.15, -0.1) is 0 Å². The van der Waals surface area contributed by atoms with Crippen molar-refractivity contribution in [2.24, 2.45) is 11.8 Å². The van der Waals surface area contributed by atoms with Gasteiger partial charge in [0.15, 0.2) is 0 Å². The van der Waals surface area contributed by atoms with E-state index in [4.69, 9.17) is 11.6 Å². The predicted octanol–water partition coefficient (Wildman–Crippen LogP) is 6.43. The molecular formula is C29H34ClFN4O. The summed E-state index contributed by atoms with van der Waals surface area (Å²) in [7, 11) is 0. The number of rotatable bonds is 6. The highest BCUT2D eigenvalue weighted by molar-refractivity contribution is 6.31. The number of hydrogen-bond donors (Lipinski definition) is 1. The Bertz CT molecular complexity index is 1160. The van der Waals surface area contributed by atoms with Gasteiger partial charge in [0.1, 0.15) is 5.82 Å². The Labute approximate surface area is 218 Å². The van der Waals surface area contributed by atoms with E-state index < -0.39 is 5.82 Å².